The smallest absolute Gasteiger partial charge is 0.226 e. The van der Waals surface area contributed by atoms with E-state index in [0.717, 1.165) is 6.42 Å². The number of hydrogen-bond acceptors (Lipinski definition) is 5. The van der Waals surface area contributed by atoms with Crippen LogP contribution in [0.1, 0.15) is 17.0 Å². The maximum absolute atomic E-state index is 11.7. The second-order valence-electron chi connectivity index (χ2n) is 3.91. The average molecular weight is 295 g/mol. The van der Waals surface area contributed by atoms with Crippen LogP contribution in [-0.4, -0.2) is 16.8 Å². The highest BCUT2D eigenvalue weighted by atomic mass is 32.1. The van der Waals surface area contributed by atoms with Crippen molar-refractivity contribution in [2.45, 2.75) is 19.3 Å². The molecule has 0 radical (unpaired) electrons. The third-order valence-corrected chi connectivity index (χ3v) is 4.07. The van der Waals surface area contributed by atoms with Crippen molar-refractivity contribution in [1.29, 1.82) is 0 Å². The Labute approximate surface area is 118 Å². The number of rotatable bonds is 6. The third kappa shape index (κ3) is 4.46. The minimum atomic E-state index is -0.430. The molecule has 2 aromatic heterocycles. The van der Waals surface area contributed by atoms with E-state index in [9.17, 15) is 9.59 Å². The van der Waals surface area contributed by atoms with E-state index in [2.05, 4.69) is 10.3 Å². The fraction of sp³-hybridized carbons (Fsp3) is 0.250. The Hall–Kier alpha value is -1.73. The highest BCUT2D eigenvalue weighted by Crippen LogP contribution is 2.17. The Balaban J connectivity index is 1.81. The second-order valence-corrected chi connectivity index (χ2v) is 5.80. The molecule has 2 rings (SSSR count). The van der Waals surface area contributed by atoms with Gasteiger partial charge in [0, 0.05) is 16.7 Å². The molecule has 7 heteroatoms. The number of amides is 2. The van der Waals surface area contributed by atoms with Gasteiger partial charge in [-0.1, -0.05) is 6.07 Å². The van der Waals surface area contributed by atoms with Crippen LogP contribution in [0.3, 0.4) is 0 Å². The molecule has 0 aliphatic rings. The summed E-state index contributed by atoms with van der Waals surface area (Å²) >= 11 is 2.93. The van der Waals surface area contributed by atoms with Crippen LogP contribution in [0.25, 0.3) is 0 Å². The number of carbonyl (C=O) groups excluding carboxylic acids is 2. The van der Waals surface area contributed by atoms with Gasteiger partial charge in [-0.15, -0.1) is 22.7 Å². The van der Waals surface area contributed by atoms with Crippen LogP contribution in [0.4, 0.5) is 5.13 Å². The molecule has 2 heterocycles. The summed E-state index contributed by atoms with van der Waals surface area (Å²) in [4.78, 5) is 27.8. The molecule has 0 saturated heterocycles. The zero-order valence-corrected chi connectivity index (χ0v) is 11.7. The zero-order valence-electron chi connectivity index (χ0n) is 10.1. The van der Waals surface area contributed by atoms with Gasteiger partial charge in [0.2, 0.25) is 11.8 Å². The molecule has 0 atom stereocenters. The lowest BCUT2D eigenvalue weighted by Gasteiger charge is -2.00. The van der Waals surface area contributed by atoms with Crippen molar-refractivity contribution >= 4 is 39.6 Å². The Morgan fingerprint density at radius 3 is 2.89 bits per heavy atom. The standard InChI is InChI=1S/C12H13N3O2S2/c13-10(16)6-8-7-19-12(14-8)15-11(17)4-3-9-2-1-5-18-9/h1-2,5,7H,3-4,6H2,(H2,13,16)(H,14,15,17). The van der Waals surface area contributed by atoms with Crippen LogP contribution in [-0.2, 0) is 22.4 Å². The zero-order chi connectivity index (χ0) is 13.7. The van der Waals surface area contributed by atoms with E-state index in [0.29, 0.717) is 17.2 Å². The first kappa shape index (κ1) is 13.7. The molecule has 5 nitrogen and oxygen atoms in total. The van der Waals surface area contributed by atoms with Gasteiger partial charge in [-0.3, -0.25) is 9.59 Å². The van der Waals surface area contributed by atoms with Gasteiger partial charge in [0.15, 0.2) is 5.13 Å². The van der Waals surface area contributed by atoms with Crippen molar-refractivity contribution in [2.75, 3.05) is 5.32 Å². The van der Waals surface area contributed by atoms with Crippen molar-refractivity contribution in [3.05, 3.63) is 33.5 Å². The first-order valence-electron chi connectivity index (χ1n) is 5.68. The van der Waals surface area contributed by atoms with Crippen molar-refractivity contribution in [3.8, 4) is 0 Å². The topological polar surface area (TPSA) is 85.1 Å². The normalized spacial score (nSPS) is 10.3. The van der Waals surface area contributed by atoms with Crippen LogP contribution in [0.5, 0.6) is 0 Å². The highest BCUT2D eigenvalue weighted by molar-refractivity contribution is 7.14. The Bertz CT molecular complexity index is 563. The Morgan fingerprint density at radius 1 is 1.37 bits per heavy atom. The summed E-state index contributed by atoms with van der Waals surface area (Å²) in [7, 11) is 0. The highest BCUT2D eigenvalue weighted by Gasteiger charge is 2.08. The van der Waals surface area contributed by atoms with E-state index in [1.54, 1.807) is 16.7 Å². The lowest BCUT2D eigenvalue weighted by Crippen LogP contribution is -2.14. The predicted molar refractivity (Wildman–Crippen MR) is 76.3 cm³/mol. The molecule has 0 fully saturated rings. The molecule has 19 heavy (non-hydrogen) atoms. The number of nitrogens with two attached hydrogens (primary N) is 1. The average Bonchev–Trinajstić information content (AvgIpc) is 2.97. The fourth-order valence-corrected chi connectivity index (χ4v) is 2.93. The Morgan fingerprint density at radius 2 is 2.21 bits per heavy atom. The summed E-state index contributed by atoms with van der Waals surface area (Å²) in [6.07, 6.45) is 1.25. The molecule has 0 aliphatic heterocycles. The van der Waals surface area contributed by atoms with Crippen molar-refractivity contribution in [1.82, 2.24) is 4.98 Å². The number of thiophene rings is 1. The minimum Gasteiger partial charge on any atom is -0.369 e. The van der Waals surface area contributed by atoms with Gasteiger partial charge in [0.25, 0.3) is 0 Å². The van der Waals surface area contributed by atoms with E-state index < -0.39 is 5.91 Å². The number of carbonyl (C=O) groups is 2. The third-order valence-electron chi connectivity index (χ3n) is 2.33. The summed E-state index contributed by atoms with van der Waals surface area (Å²) in [6, 6.07) is 3.97. The number of aromatic nitrogens is 1. The predicted octanol–water partition coefficient (Wildman–Crippen LogP) is 1.80. The fourth-order valence-electron chi connectivity index (χ4n) is 1.50. The largest absolute Gasteiger partial charge is 0.369 e. The summed E-state index contributed by atoms with van der Waals surface area (Å²) in [5.74, 6) is -0.505. The second kappa shape index (κ2) is 6.44. The maximum Gasteiger partial charge on any atom is 0.226 e. The van der Waals surface area contributed by atoms with Gasteiger partial charge in [-0.05, 0) is 17.9 Å². The Kier molecular flexibility index (Phi) is 4.64. The molecule has 0 aliphatic carbocycles. The lowest BCUT2D eigenvalue weighted by atomic mass is 10.2. The quantitative estimate of drug-likeness (QED) is 0.852. The van der Waals surface area contributed by atoms with Crippen LogP contribution in [0.2, 0.25) is 0 Å². The van der Waals surface area contributed by atoms with E-state index in [4.69, 9.17) is 5.73 Å². The van der Waals surface area contributed by atoms with Crippen molar-refractivity contribution < 1.29 is 9.59 Å². The molecule has 3 N–H and O–H groups in total. The van der Waals surface area contributed by atoms with E-state index >= 15 is 0 Å². The van der Waals surface area contributed by atoms with Gasteiger partial charge < -0.3 is 11.1 Å². The lowest BCUT2D eigenvalue weighted by molar-refractivity contribution is -0.117. The van der Waals surface area contributed by atoms with Gasteiger partial charge in [0.1, 0.15) is 0 Å². The number of anilines is 1. The molecule has 2 amide bonds. The van der Waals surface area contributed by atoms with Gasteiger partial charge in [0.05, 0.1) is 12.1 Å². The first-order chi connectivity index (χ1) is 9.13. The van der Waals surface area contributed by atoms with Crippen LogP contribution in [0, 0.1) is 0 Å². The van der Waals surface area contributed by atoms with Crippen LogP contribution in [0.15, 0.2) is 22.9 Å². The number of aryl methyl sites for hydroxylation is 1. The molecular formula is C12H13N3O2S2. The summed E-state index contributed by atoms with van der Waals surface area (Å²) in [5, 5.41) is 6.94. The van der Waals surface area contributed by atoms with Crippen LogP contribution >= 0.6 is 22.7 Å². The van der Waals surface area contributed by atoms with E-state index in [1.165, 1.54) is 16.2 Å². The number of primary amides is 1. The van der Waals surface area contributed by atoms with Gasteiger partial charge in [-0.2, -0.15) is 0 Å². The van der Waals surface area contributed by atoms with E-state index in [-0.39, 0.29) is 12.3 Å². The monoisotopic (exact) mass is 295 g/mol. The molecular weight excluding hydrogens is 282 g/mol. The van der Waals surface area contributed by atoms with E-state index in [1.807, 2.05) is 17.5 Å². The molecule has 0 spiro atoms. The molecule has 0 saturated carbocycles. The van der Waals surface area contributed by atoms with Crippen molar-refractivity contribution in [2.24, 2.45) is 5.73 Å². The summed E-state index contributed by atoms with van der Waals surface area (Å²) < 4.78 is 0. The number of thiazole rings is 1. The minimum absolute atomic E-state index is 0.0756. The summed E-state index contributed by atoms with van der Waals surface area (Å²) in [5.41, 5.74) is 5.67. The SMILES string of the molecule is NC(=O)Cc1csc(NC(=O)CCc2cccs2)n1. The molecule has 0 aromatic carbocycles. The molecule has 0 bridgehead atoms. The number of nitrogens with zero attached hydrogens (tertiary/aromatic N) is 1. The maximum atomic E-state index is 11.7. The first-order valence-corrected chi connectivity index (χ1v) is 7.44. The molecule has 100 valence electrons. The van der Waals surface area contributed by atoms with Crippen molar-refractivity contribution in [3.63, 3.8) is 0 Å². The van der Waals surface area contributed by atoms with Gasteiger partial charge >= 0.3 is 0 Å². The number of hydrogen-bond donors (Lipinski definition) is 2. The van der Waals surface area contributed by atoms with Gasteiger partial charge in [-0.25, -0.2) is 4.98 Å². The number of nitrogens with one attached hydrogen (secondary N) is 1. The molecule has 0 unspecified atom stereocenters. The molecule has 2 aromatic rings. The van der Waals surface area contributed by atoms with Crippen LogP contribution < -0.4 is 11.1 Å². The summed E-state index contributed by atoms with van der Waals surface area (Å²) in [6.45, 7) is 0.